The molecule has 1 aliphatic rings. The fraction of sp³-hybridized carbons (Fsp3) is 0.333. The highest BCUT2D eigenvalue weighted by molar-refractivity contribution is 7.99. The summed E-state index contributed by atoms with van der Waals surface area (Å²) < 4.78 is 0. The minimum Gasteiger partial charge on any atom is -0.314 e. The lowest BCUT2D eigenvalue weighted by Crippen LogP contribution is -2.45. The Morgan fingerprint density at radius 1 is 1.12 bits per heavy atom. The average molecular weight is 373 g/mol. The van der Waals surface area contributed by atoms with Gasteiger partial charge in [0, 0.05) is 47.0 Å². The number of rotatable bonds is 7. The molecule has 2 aromatic rings. The highest BCUT2D eigenvalue weighted by Crippen LogP contribution is 2.37. The zero-order valence-corrected chi connectivity index (χ0v) is 16.0. The molecule has 0 amide bonds. The van der Waals surface area contributed by atoms with Crippen molar-refractivity contribution < 1.29 is 0 Å². The lowest BCUT2D eigenvalue weighted by Gasteiger charge is -2.36. The van der Waals surface area contributed by atoms with E-state index < -0.39 is 0 Å². The smallest absolute Gasteiger partial charge is 0.0406 e. The van der Waals surface area contributed by atoms with E-state index in [0.29, 0.717) is 6.04 Å². The minimum absolute atomic E-state index is 0.441. The molecule has 1 fully saturated rings. The third kappa shape index (κ3) is 5.11. The van der Waals surface area contributed by atoms with Crippen molar-refractivity contribution in [1.82, 2.24) is 10.2 Å². The van der Waals surface area contributed by atoms with E-state index in [0.717, 1.165) is 44.0 Å². The Hall–Kier alpha value is -1.26. The summed E-state index contributed by atoms with van der Waals surface area (Å²) in [5.41, 5.74) is 1.42. The SMILES string of the molecule is C=CCC[C@@H](c1ccccc1Sc1ccc(Cl)cc1)N1CCNCC1. The molecule has 1 heterocycles. The Bertz CT molecular complexity index is 681. The fourth-order valence-corrected chi connectivity index (χ4v) is 4.40. The highest BCUT2D eigenvalue weighted by atomic mass is 35.5. The summed E-state index contributed by atoms with van der Waals surface area (Å²) in [4.78, 5) is 5.17. The summed E-state index contributed by atoms with van der Waals surface area (Å²) in [5, 5.41) is 4.24. The second-order valence-electron chi connectivity index (χ2n) is 6.26. The van der Waals surface area contributed by atoms with Crippen LogP contribution in [0.1, 0.15) is 24.4 Å². The molecule has 1 atom stereocenters. The van der Waals surface area contributed by atoms with Gasteiger partial charge in [0.1, 0.15) is 0 Å². The molecule has 1 N–H and O–H groups in total. The Balaban J connectivity index is 1.86. The van der Waals surface area contributed by atoms with Crippen LogP contribution in [-0.4, -0.2) is 31.1 Å². The van der Waals surface area contributed by atoms with E-state index in [-0.39, 0.29) is 0 Å². The molecule has 25 heavy (non-hydrogen) atoms. The van der Waals surface area contributed by atoms with Crippen LogP contribution in [0.25, 0.3) is 0 Å². The van der Waals surface area contributed by atoms with Gasteiger partial charge < -0.3 is 5.32 Å². The van der Waals surface area contributed by atoms with Gasteiger partial charge in [-0.3, -0.25) is 4.90 Å². The first-order chi connectivity index (χ1) is 12.3. The van der Waals surface area contributed by atoms with E-state index in [1.54, 1.807) is 0 Å². The van der Waals surface area contributed by atoms with E-state index in [2.05, 4.69) is 53.2 Å². The zero-order chi connectivity index (χ0) is 17.5. The van der Waals surface area contributed by atoms with Crippen molar-refractivity contribution in [3.8, 4) is 0 Å². The van der Waals surface area contributed by atoms with Gasteiger partial charge in [0.25, 0.3) is 0 Å². The van der Waals surface area contributed by atoms with Crippen molar-refractivity contribution in [2.24, 2.45) is 0 Å². The van der Waals surface area contributed by atoms with Gasteiger partial charge in [-0.05, 0) is 48.7 Å². The Morgan fingerprint density at radius 2 is 1.84 bits per heavy atom. The first kappa shape index (κ1) is 18.5. The van der Waals surface area contributed by atoms with E-state index in [9.17, 15) is 0 Å². The third-order valence-corrected chi connectivity index (χ3v) is 5.91. The van der Waals surface area contributed by atoms with Crippen LogP contribution in [-0.2, 0) is 0 Å². The van der Waals surface area contributed by atoms with Crippen molar-refractivity contribution in [3.05, 3.63) is 71.8 Å². The molecule has 1 saturated heterocycles. The largest absolute Gasteiger partial charge is 0.314 e. The van der Waals surface area contributed by atoms with Crippen LogP contribution in [0.5, 0.6) is 0 Å². The average Bonchev–Trinajstić information content (AvgIpc) is 2.66. The summed E-state index contributed by atoms with van der Waals surface area (Å²) in [6.45, 7) is 8.25. The molecule has 0 aromatic heterocycles. The van der Waals surface area contributed by atoms with Gasteiger partial charge in [-0.25, -0.2) is 0 Å². The molecule has 0 unspecified atom stereocenters. The lowest BCUT2D eigenvalue weighted by atomic mass is 9.99. The standard InChI is InChI=1S/C21H25ClN2S/c1-2-3-7-20(24-15-13-23-14-16-24)19-6-4-5-8-21(19)25-18-11-9-17(22)10-12-18/h2,4-6,8-12,20,23H,1,3,7,13-16H2/t20-/m0/s1. The second-order valence-corrected chi connectivity index (χ2v) is 7.81. The van der Waals surface area contributed by atoms with Crippen LogP contribution in [0.15, 0.2) is 71.0 Å². The maximum absolute atomic E-state index is 6.02. The molecule has 132 valence electrons. The first-order valence-electron chi connectivity index (χ1n) is 8.86. The predicted molar refractivity (Wildman–Crippen MR) is 109 cm³/mol. The predicted octanol–water partition coefficient (Wildman–Crippen LogP) is 5.40. The van der Waals surface area contributed by atoms with Gasteiger partial charge in [-0.1, -0.05) is 47.6 Å². The van der Waals surface area contributed by atoms with Crippen LogP contribution in [0.3, 0.4) is 0 Å². The van der Waals surface area contributed by atoms with Crippen molar-refractivity contribution in [2.75, 3.05) is 26.2 Å². The number of halogens is 1. The van der Waals surface area contributed by atoms with Gasteiger partial charge >= 0.3 is 0 Å². The number of piperazine rings is 1. The molecule has 3 rings (SSSR count). The Kier molecular flexibility index (Phi) is 7.00. The highest BCUT2D eigenvalue weighted by Gasteiger charge is 2.23. The second kappa shape index (κ2) is 9.44. The maximum Gasteiger partial charge on any atom is 0.0406 e. The van der Waals surface area contributed by atoms with Crippen LogP contribution in [0, 0.1) is 0 Å². The summed E-state index contributed by atoms with van der Waals surface area (Å²) >= 11 is 7.85. The van der Waals surface area contributed by atoms with Crippen LogP contribution < -0.4 is 5.32 Å². The third-order valence-electron chi connectivity index (χ3n) is 4.56. The Morgan fingerprint density at radius 3 is 2.56 bits per heavy atom. The number of hydrogen-bond acceptors (Lipinski definition) is 3. The summed E-state index contributed by atoms with van der Waals surface area (Å²) in [5.74, 6) is 0. The van der Waals surface area contributed by atoms with Gasteiger partial charge in [-0.15, -0.1) is 6.58 Å². The van der Waals surface area contributed by atoms with Crippen LogP contribution in [0.4, 0.5) is 0 Å². The van der Waals surface area contributed by atoms with Crippen molar-refractivity contribution in [1.29, 1.82) is 0 Å². The molecular formula is C21H25ClN2S. The summed E-state index contributed by atoms with van der Waals surface area (Å²) in [6.07, 6.45) is 4.18. The van der Waals surface area contributed by atoms with Crippen LogP contribution in [0.2, 0.25) is 5.02 Å². The molecule has 0 radical (unpaired) electrons. The molecule has 2 aromatic carbocycles. The number of hydrogen-bond donors (Lipinski definition) is 1. The van der Waals surface area contributed by atoms with Crippen LogP contribution >= 0.6 is 23.4 Å². The molecule has 1 aliphatic heterocycles. The maximum atomic E-state index is 6.02. The minimum atomic E-state index is 0.441. The molecule has 0 bridgehead atoms. The topological polar surface area (TPSA) is 15.3 Å². The molecule has 4 heteroatoms. The molecular weight excluding hydrogens is 348 g/mol. The summed E-state index contributed by atoms with van der Waals surface area (Å²) in [7, 11) is 0. The number of nitrogens with one attached hydrogen (secondary N) is 1. The molecule has 0 spiro atoms. The quantitative estimate of drug-likeness (QED) is 0.654. The van der Waals surface area contributed by atoms with Crippen molar-refractivity contribution in [3.63, 3.8) is 0 Å². The van der Waals surface area contributed by atoms with Gasteiger partial charge in [0.15, 0.2) is 0 Å². The zero-order valence-electron chi connectivity index (χ0n) is 14.5. The lowest BCUT2D eigenvalue weighted by molar-refractivity contribution is 0.164. The molecule has 0 saturated carbocycles. The first-order valence-corrected chi connectivity index (χ1v) is 10.1. The molecule has 2 nitrogen and oxygen atoms in total. The van der Waals surface area contributed by atoms with Gasteiger partial charge in [-0.2, -0.15) is 0 Å². The summed E-state index contributed by atoms with van der Waals surface area (Å²) in [6, 6.07) is 17.3. The van der Waals surface area contributed by atoms with Crippen molar-refractivity contribution in [2.45, 2.75) is 28.7 Å². The van der Waals surface area contributed by atoms with E-state index >= 15 is 0 Å². The van der Waals surface area contributed by atoms with Gasteiger partial charge in [0.05, 0.1) is 0 Å². The Labute approximate surface area is 160 Å². The number of nitrogens with zero attached hydrogens (tertiary/aromatic N) is 1. The van der Waals surface area contributed by atoms with Crippen molar-refractivity contribution >= 4 is 23.4 Å². The fourth-order valence-electron chi connectivity index (χ4n) is 3.28. The number of allylic oxidation sites excluding steroid dienone is 1. The monoisotopic (exact) mass is 372 g/mol. The van der Waals surface area contributed by atoms with E-state index in [1.807, 2.05) is 30.0 Å². The number of benzene rings is 2. The van der Waals surface area contributed by atoms with E-state index in [4.69, 9.17) is 11.6 Å². The van der Waals surface area contributed by atoms with E-state index in [1.165, 1.54) is 15.4 Å². The molecule has 0 aliphatic carbocycles. The normalized spacial score (nSPS) is 16.5. The van der Waals surface area contributed by atoms with Gasteiger partial charge in [0.2, 0.25) is 0 Å².